The topological polar surface area (TPSA) is 90.3 Å². The summed E-state index contributed by atoms with van der Waals surface area (Å²) in [5.41, 5.74) is 1.58. The second-order valence-electron chi connectivity index (χ2n) is 6.61. The van der Waals surface area contributed by atoms with Gasteiger partial charge in [0, 0.05) is 44.5 Å². The minimum Gasteiger partial charge on any atom is -0.444 e. The van der Waals surface area contributed by atoms with Crippen molar-refractivity contribution in [3.05, 3.63) is 29.3 Å². The molecule has 1 aliphatic heterocycles. The Balaban J connectivity index is 0.00000151. The van der Waals surface area contributed by atoms with Crippen molar-refractivity contribution in [1.29, 1.82) is 0 Å². The van der Waals surface area contributed by atoms with E-state index in [0.29, 0.717) is 37.3 Å². The first kappa shape index (κ1) is 20.9. The highest BCUT2D eigenvalue weighted by atomic mass is 16.6. The van der Waals surface area contributed by atoms with Gasteiger partial charge in [0.25, 0.3) is 0 Å². The van der Waals surface area contributed by atoms with Crippen molar-refractivity contribution in [2.75, 3.05) is 38.2 Å². The van der Waals surface area contributed by atoms with Gasteiger partial charge >= 0.3 is 6.09 Å². The Morgan fingerprint density at radius 1 is 1.20 bits per heavy atom. The van der Waals surface area contributed by atoms with Gasteiger partial charge < -0.3 is 24.7 Å². The van der Waals surface area contributed by atoms with Crippen LogP contribution in [0.3, 0.4) is 0 Å². The summed E-state index contributed by atoms with van der Waals surface area (Å²) >= 11 is 0. The van der Waals surface area contributed by atoms with Crippen molar-refractivity contribution in [3.8, 4) is 0 Å². The summed E-state index contributed by atoms with van der Waals surface area (Å²) in [5.74, 6) is 0. The number of carbonyl (C=O) groups excluding carboxylic acids is 2. The van der Waals surface area contributed by atoms with Crippen LogP contribution < -0.4 is 4.90 Å². The number of anilines is 1. The third-order valence-electron chi connectivity index (χ3n) is 3.72. The molecule has 1 fully saturated rings. The van der Waals surface area contributed by atoms with E-state index >= 15 is 0 Å². The summed E-state index contributed by atoms with van der Waals surface area (Å²) in [6.45, 7) is 7.93. The molecule has 1 aromatic carbocycles. The Kier molecular flexibility index (Phi) is 7.86. The lowest BCUT2D eigenvalue weighted by atomic mass is 10.1. The number of aliphatic hydroxyl groups excluding tert-OH is 2. The molecule has 1 amide bonds. The van der Waals surface area contributed by atoms with Crippen molar-refractivity contribution in [2.45, 2.75) is 33.0 Å². The van der Waals surface area contributed by atoms with Gasteiger partial charge in [-0.2, -0.15) is 0 Å². The zero-order valence-electron chi connectivity index (χ0n) is 15.4. The smallest absolute Gasteiger partial charge is 0.410 e. The molecule has 1 aliphatic rings. The van der Waals surface area contributed by atoms with Crippen LogP contribution in [-0.2, 0) is 11.3 Å². The van der Waals surface area contributed by atoms with Crippen LogP contribution in [0.15, 0.2) is 18.2 Å². The molecule has 2 rings (SSSR count). The molecular weight excluding hydrogens is 324 g/mol. The predicted octanol–water partition coefficient (Wildman–Crippen LogP) is 1.66. The quantitative estimate of drug-likeness (QED) is 0.804. The van der Waals surface area contributed by atoms with E-state index in [2.05, 4.69) is 4.90 Å². The fraction of sp³-hybridized carbons (Fsp3) is 0.556. The maximum atomic E-state index is 12.1. The maximum Gasteiger partial charge on any atom is 0.410 e. The standard InChI is InChI=1S/C17H24N2O4.CH4O/c1-17(2,3)23-16(22)19-8-6-18(7-9-19)15-5-4-13(11-20)14(10-15)12-21;1-2/h4-5,10-11,21H,6-9,12H2,1-3H3;2H,1H3. The average molecular weight is 352 g/mol. The number of ether oxygens (including phenoxy) is 1. The van der Waals surface area contributed by atoms with Crippen LogP contribution in [0.2, 0.25) is 0 Å². The van der Waals surface area contributed by atoms with E-state index in [4.69, 9.17) is 9.84 Å². The number of rotatable bonds is 3. The summed E-state index contributed by atoms with van der Waals surface area (Å²) in [4.78, 5) is 26.8. The van der Waals surface area contributed by atoms with E-state index in [9.17, 15) is 14.7 Å². The number of piperazine rings is 1. The second-order valence-corrected chi connectivity index (χ2v) is 6.61. The van der Waals surface area contributed by atoms with Crippen molar-refractivity contribution in [1.82, 2.24) is 4.90 Å². The van der Waals surface area contributed by atoms with Gasteiger partial charge in [-0.15, -0.1) is 0 Å². The van der Waals surface area contributed by atoms with Crippen molar-refractivity contribution in [2.24, 2.45) is 0 Å². The van der Waals surface area contributed by atoms with Gasteiger partial charge in [0.2, 0.25) is 0 Å². The number of carbonyl (C=O) groups is 2. The molecular formula is C18H28N2O5. The summed E-state index contributed by atoms with van der Waals surface area (Å²) in [5, 5.41) is 16.3. The molecule has 2 N–H and O–H groups in total. The van der Waals surface area contributed by atoms with Crippen molar-refractivity contribution >= 4 is 18.1 Å². The highest BCUT2D eigenvalue weighted by Gasteiger charge is 2.26. The van der Waals surface area contributed by atoms with E-state index in [-0.39, 0.29) is 12.7 Å². The molecule has 0 spiro atoms. The minimum atomic E-state index is -0.491. The van der Waals surface area contributed by atoms with E-state index in [0.717, 1.165) is 19.1 Å². The van der Waals surface area contributed by atoms with Crippen LogP contribution in [0.1, 0.15) is 36.7 Å². The first-order valence-electron chi connectivity index (χ1n) is 8.20. The Labute approximate surface area is 148 Å². The fourth-order valence-corrected chi connectivity index (χ4v) is 2.51. The van der Waals surface area contributed by atoms with Gasteiger partial charge in [-0.25, -0.2) is 4.79 Å². The largest absolute Gasteiger partial charge is 0.444 e. The number of amides is 1. The highest BCUT2D eigenvalue weighted by Crippen LogP contribution is 2.21. The number of aldehydes is 1. The molecule has 0 saturated carbocycles. The Morgan fingerprint density at radius 2 is 1.80 bits per heavy atom. The van der Waals surface area contributed by atoms with E-state index in [1.54, 1.807) is 11.0 Å². The van der Waals surface area contributed by atoms with Gasteiger partial charge in [0.05, 0.1) is 6.61 Å². The molecule has 0 aliphatic carbocycles. The van der Waals surface area contributed by atoms with E-state index in [1.807, 2.05) is 32.9 Å². The van der Waals surface area contributed by atoms with Crippen LogP contribution >= 0.6 is 0 Å². The number of aliphatic hydroxyl groups is 2. The fourth-order valence-electron chi connectivity index (χ4n) is 2.51. The molecule has 7 heteroatoms. The summed E-state index contributed by atoms with van der Waals surface area (Å²) < 4.78 is 5.38. The predicted molar refractivity (Wildman–Crippen MR) is 95.9 cm³/mol. The Bertz CT molecular complexity index is 575. The molecule has 25 heavy (non-hydrogen) atoms. The van der Waals surface area contributed by atoms with Gasteiger partial charge in [0.15, 0.2) is 0 Å². The molecule has 140 valence electrons. The number of nitrogens with zero attached hydrogens (tertiary/aromatic N) is 2. The molecule has 0 aromatic heterocycles. The maximum absolute atomic E-state index is 12.1. The van der Waals surface area contributed by atoms with Crippen LogP contribution in [0.4, 0.5) is 10.5 Å². The minimum absolute atomic E-state index is 0.167. The van der Waals surface area contributed by atoms with E-state index in [1.165, 1.54) is 0 Å². The number of hydrogen-bond donors (Lipinski definition) is 2. The van der Waals surface area contributed by atoms with E-state index < -0.39 is 5.60 Å². The Morgan fingerprint density at radius 3 is 2.28 bits per heavy atom. The lowest BCUT2D eigenvalue weighted by molar-refractivity contribution is 0.0240. The van der Waals surface area contributed by atoms with Gasteiger partial charge in [-0.1, -0.05) is 0 Å². The number of hydrogen-bond acceptors (Lipinski definition) is 6. The summed E-state index contributed by atoms with van der Waals surface area (Å²) in [6.07, 6.45) is 0.458. The van der Waals surface area contributed by atoms with Crippen LogP contribution in [0, 0.1) is 0 Å². The van der Waals surface area contributed by atoms with Crippen molar-refractivity contribution < 1.29 is 24.5 Å². The average Bonchev–Trinajstić information content (AvgIpc) is 2.61. The zero-order chi connectivity index (χ0) is 19.0. The highest BCUT2D eigenvalue weighted by molar-refractivity contribution is 5.78. The lowest BCUT2D eigenvalue weighted by Crippen LogP contribution is -2.50. The second kappa shape index (κ2) is 9.39. The molecule has 1 saturated heterocycles. The van der Waals surface area contributed by atoms with Gasteiger partial charge in [0.1, 0.15) is 11.9 Å². The third-order valence-corrected chi connectivity index (χ3v) is 3.72. The third kappa shape index (κ3) is 6.03. The first-order chi connectivity index (χ1) is 11.8. The number of benzene rings is 1. The zero-order valence-corrected chi connectivity index (χ0v) is 15.4. The Hall–Kier alpha value is -2.12. The SMILES string of the molecule is CC(C)(C)OC(=O)N1CCN(c2ccc(C=O)c(CO)c2)CC1.CO. The molecule has 1 aromatic rings. The lowest BCUT2D eigenvalue weighted by Gasteiger charge is -2.37. The molecule has 0 radical (unpaired) electrons. The first-order valence-corrected chi connectivity index (χ1v) is 8.20. The van der Waals surface area contributed by atoms with Crippen molar-refractivity contribution in [3.63, 3.8) is 0 Å². The molecule has 0 bridgehead atoms. The molecule has 7 nitrogen and oxygen atoms in total. The van der Waals surface area contributed by atoms with Gasteiger partial charge in [-0.3, -0.25) is 4.79 Å². The van der Waals surface area contributed by atoms with Gasteiger partial charge in [-0.05, 0) is 44.5 Å². The van der Waals surface area contributed by atoms with Crippen LogP contribution in [0.5, 0.6) is 0 Å². The van der Waals surface area contributed by atoms with Crippen LogP contribution in [0.25, 0.3) is 0 Å². The molecule has 0 atom stereocenters. The molecule has 1 heterocycles. The normalized spacial score (nSPS) is 14.5. The summed E-state index contributed by atoms with van der Waals surface area (Å²) in [7, 11) is 1.00. The summed E-state index contributed by atoms with van der Waals surface area (Å²) in [6, 6.07) is 5.41. The monoisotopic (exact) mass is 352 g/mol. The molecule has 0 unspecified atom stereocenters. The van der Waals surface area contributed by atoms with Crippen LogP contribution in [-0.4, -0.2) is 66.4 Å².